The van der Waals surface area contributed by atoms with Crippen LogP contribution in [0.15, 0.2) is 29.6 Å². The van der Waals surface area contributed by atoms with Gasteiger partial charge in [0.2, 0.25) is 5.91 Å². The number of benzene rings is 1. The molecule has 0 unspecified atom stereocenters. The molecule has 140 valence electrons. The van der Waals surface area contributed by atoms with Crippen molar-refractivity contribution in [3.05, 3.63) is 45.9 Å². The van der Waals surface area contributed by atoms with Crippen molar-refractivity contribution in [3.8, 4) is 5.75 Å². The fraction of sp³-hybridized carbons (Fsp3) is 0.500. The summed E-state index contributed by atoms with van der Waals surface area (Å²) in [5.74, 6) is 1.21. The van der Waals surface area contributed by atoms with E-state index in [1.807, 2.05) is 30.5 Å². The zero-order valence-corrected chi connectivity index (χ0v) is 16.3. The van der Waals surface area contributed by atoms with E-state index in [-0.39, 0.29) is 12.0 Å². The smallest absolute Gasteiger partial charge is 0.228 e. The van der Waals surface area contributed by atoms with Gasteiger partial charge in [-0.2, -0.15) is 0 Å². The maximum atomic E-state index is 12.4. The number of aliphatic hydroxyl groups is 1. The highest BCUT2D eigenvalue weighted by atomic mass is 32.1. The minimum Gasteiger partial charge on any atom is -0.488 e. The summed E-state index contributed by atoms with van der Waals surface area (Å²) < 4.78 is 6.01. The standard InChI is InChI=1S/C20H26N2O3S/c1-13(2)15-5-4-6-17(9-15)25-19-7-8-22(11-18(19)23)20(24)10-16-12-26-14(3)21-16/h4-6,9,12-13,18-19,23H,7-8,10-11H2,1-3H3/t18-,19-/m1/s1. The van der Waals surface area contributed by atoms with Crippen molar-refractivity contribution in [2.45, 2.75) is 51.7 Å². The quantitative estimate of drug-likeness (QED) is 0.873. The molecule has 1 N–H and O–H groups in total. The van der Waals surface area contributed by atoms with E-state index in [4.69, 9.17) is 4.74 Å². The van der Waals surface area contributed by atoms with E-state index < -0.39 is 6.10 Å². The van der Waals surface area contributed by atoms with E-state index in [0.717, 1.165) is 16.5 Å². The molecule has 1 saturated heterocycles. The number of aryl methyl sites for hydroxylation is 1. The molecule has 6 heteroatoms. The van der Waals surface area contributed by atoms with Gasteiger partial charge < -0.3 is 14.7 Å². The van der Waals surface area contributed by atoms with Crippen molar-refractivity contribution >= 4 is 17.2 Å². The van der Waals surface area contributed by atoms with E-state index in [1.165, 1.54) is 5.56 Å². The van der Waals surface area contributed by atoms with Gasteiger partial charge in [0.25, 0.3) is 0 Å². The van der Waals surface area contributed by atoms with Gasteiger partial charge in [-0.3, -0.25) is 4.79 Å². The predicted molar refractivity (Wildman–Crippen MR) is 103 cm³/mol. The Morgan fingerprint density at radius 1 is 1.46 bits per heavy atom. The van der Waals surface area contributed by atoms with Crippen LogP contribution in [0.25, 0.3) is 0 Å². The van der Waals surface area contributed by atoms with Crippen LogP contribution >= 0.6 is 11.3 Å². The van der Waals surface area contributed by atoms with Crippen molar-refractivity contribution in [2.75, 3.05) is 13.1 Å². The molecule has 0 spiro atoms. The molecule has 2 atom stereocenters. The molecular weight excluding hydrogens is 348 g/mol. The van der Waals surface area contributed by atoms with Crippen LogP contribution in [0.1, 0.15) is 42.5 Å². The topological polar surface area (TPSA) is 62.7 Å². The van der Waals surface area contributed by atoms with Gasteiger partial charge in [-0.1, -0.05) is 26.0 Å². The van der Waals surface area contributed by atoms with Gasteiger partial charge in [0.15, 0.2) is 0 Å². The third-order valence-electron chi connectivity index (χ3n) is 4.68. The third kappa shape index (κ3) is 4.62. The number of ether oxygens (including phenoxy) is 1. The van der Waals surface area contributed by atoms with Gasteiger partial charge in [0.05, 0.1) is 23.7 Å². The van der Waals surface area contributed by atoms with Gasteiger partial charge in [0.1, 0.15) is 18.0 Å². The summed E-state index contributed by atoms with van der Waals surface area (Å²) in [6, 6.07) is 8.00. The molecule has 26 heavy (non-hydrogen) atoms. The van der Waals surface area contributed by atoms with Gasteiger partial charge in [0, 0.05) is 18.3 Å². The highest BCUT2D eigenvalue weighted by molar-refractivity contribution is 7.09. The third-order valence-corrected chi connectivity index (χ3v) is 5.51. The lowest BCUT2D eigenvalue weighted by atomic mass is 10.0. The number of nitrogens with zero attached hydrogens (tertiary/aromatic N) is 2. The molecule has 0 aliphatic carbocycles. The second kappa shape index (κ2) is 8.18. The van der Waals surface area contributed by atoms with Gasteiger partial charge in [-0.15, -0.1) is 11.3 Å². The molecule has 2 heterocycles. The Kier molecular flexibility index (Phi) is 5.94. The van der Waals surface area contributed by atoms with Crippen LogP contribution in [0.3, 0.4) is 0 Å². The summed E-state index contributed by atoms with van der Waals surface area (Å²) in [5.41, 5.74) is 2.01. The molecular formula is C20H26N2O3S. The summed E-state index contributed by atoms with van der Waals surface area (Å²) in [7, 11) is 0. The first kappa shape index (κ1) is 18.9. The predicted octanol–water partition coefficient (Wildman–Crippen LogP) is 3.16. The van der Waals surface area contributed by atoms with Crippen molar-refractivity contribution < 1.29 is 14.6 Å². The highest BCUT2D eigenvalue weighted by Gasteiger charge is 2.31. The summed E-state index contributed by atoms with van der Waals surface area (Å²) >= 11 is 1.55. The molecule has 1 aromatic heterocycles. The Hall–Kier alpha value is -1.92. The second-order valence-corrected chi connectivity index (χ2v) is 8.18. The monoisotopic (exact) mass is 374 g/mol. The maximum Gasteiger partial charge on any atom is 0.228 e. The lowest BCUT2D eigenvalue weighted by Crippen LogP contribution is -2.51. The van der Waals surface area contributed by atoms with E-state index in [0.29, 0.717) is 31.8 Å². The molecule has 0 saturated carbocycles. The number of aromatic nitrogens is 1. The van der Waals surface area contributed by atoms with Crippen LogP contribution in [0.2, 0.25) is 0 Å². The number of amides is 1. The van der Waals surface area contributed by atoms with E-state index in [9.17, 15) is 9.90 Å². The lowest BCUT2D eigenvalue weighted by Gasteiger charge is -2.36. The summed E-state index contributed by atoms with van der Waals surface area (Å²) in [6.07, 6.45) is -0.0657. The molecule has 3 rings (SSSR count). The van der Waals surface area contributed by atoms with Crippen molar-refractivity contribution in [1.82, 2.24) is 9.88 Å². The zero-order valence-electron chi connectivity index (χ0n) is 15.5. The van der Waals surface area contributed by atoms with Crippen molar-refractivity contribution in [3.63, 3.8) is 0 Å². The average molecular weight is 375 g/mol. The molecule has 1 amide bonds. The Labute approximate surface area is 158 Å². The van der Waals surface area contributed by atoms with Crippen LogP contribution in [0.4, 0.5) is 0 Å². The Morgan fingerprint density at radius 3 is 2.92 bits per heavy atom. The number of thiazole rings is 1. The first-order chi connectivity index (χ1) is 12.4. The van der Waals surface area contributed by atoms with E-state index in [1.54, 1.807) is 16.2 Å². The van der Waals surface area contributed by atoms with Crippen LogP contribution in [0.5, 0.6) is 5.75 Å². The van der Waals surface area contributed by atoms with Crippen molar-refractivity contribution in [1.29, 1.82) is 0 Å². The fourth-order valence-corrected chi connectivity index (χ4v) is 3.76. The van der Waals surface area contributed by atoms with Gasteiger partial charge in [-0.25, -0.2) is 4.98 Å². The van der Waals surface area contributed by atoms with E-state index >= 15 is 0 Å². The normalized spacial score (nSPS) is 20.4. The van der Waals surface area contributed by atoms with Crippen LogP contribution in [-0.2, 0) is 11.2 Å². The number of rotatable bonds is 5. The molecule has 5 nitrogen and oxygen atoms in total. The minimum atomic E-state index is -0.687. The maximum absolute atomic E-state index is 12.4. The Balaban J connectivity index is 1.56. The fourth-order valence-electron chi connectivity index (χ4n) is 3.15. The molecule has 1 aromatic carbocycles. The molecule has 2 aromatic rings. The van der Waals surface area contributed by atoms with Gasteiger partial charge >= 0.3 is 0 Å². The lowest BCUT2D eigenvalue weighted by molar-refractivity contribution is -0.136. The van der Waals surface area contributed by atoms with Crippen molar-refractivity contribution in [2.24, 2.45) is 0 Å². The number of hydrogen-bond donors (Lipinski definition) is 1. The number of hydrogen-bond acceptors (Lipinski definition) is 5. The molecule has 1 aliphatic heterocycles. The molecule has 0 radical (unpaired) electrons. The average Bonchev–Trinajstić information content (AvgIpc) is 3.01. The number of carbonyl (C=O) groups is 1. The Bertz CT molecular complexity index is 759. The number of piperidine rings is 1. The second-order valence-electron chi connectivity index (χ2n) is 7.11. The van der Waals surface area contributed by atoms with Crippen LogP contribution in [-0.4, -0.2) is 46.2 Å². The van der Waals surface area contributed by atoms with Crippen LogP contribution in [0, 0.1) is 6.92 Å². The Morgan fingerprint density at radius 2 is 2.27 bits per heavy atom. The summed E-state index contributed by atoms with van der Waals surface area (Å²) in [5, 5.41) is 13.3. The number of aliphatic hydroxyl groups excluding tert-OH is 1. The molecule has 1 fully saturated rings. The molecule has 1 aliphatic rings. The van der Waals surface area contributed by atoms with Gasteiger partial charge in [-0.05, 0) is 30.5 Å². The summed E-state index contributed by atoms with van der Waals surface area (Å²) in [4.78, 5) is 18.5. The SMILES string of the molecule is Cc1nc(CC(=O)N2CC[C@@H](Oc3cccc(C(C)C)c3)[C@H](O)C2)cs1. The van der Waals surface area contributed by atoms with E-state index in [2.05, 4.69) is 24.9 Å². The number of likely N-dealkylation sites (tertiary alicyclic amines) is 1. The molecule has 0 bridgehead atoms. The summed E-state index contributed by atoms with van der Waals surface area (Å²) in [6.45, 7) is 7.10. The number of β-amino-alcohol motifs (C(OH)–C–C–N with tert-alkyl or cyclic N) is 1. The van der Waals surface area contributed by atoms with Crippen LogP contribution < -0.4 is 4.74 Å². The highest BCUT2D eigenvalue weighted by Crippen LogP contribution is 2.24. The largest absolute Gasteiger partial charge is 0.488 e. The number of carbonyl (C=O) groups excluding carboxylic acids is 1. The zero-order chi connectivity index (χ0) is 18.7. The minimum absolute atomic E-state index is 0.00889. The first-order valence-corrected chi connectivity index (χ1v) is 9.94. The first-order valence-electron chi connectivity index (χ1n) is 9.06.